The second-order valence-corrected chi connectivity index (χ2v) is 14.5. The van der Waals surface area contributed by atoms with Gasteiger partial charge in [-0.3, -0.25) is 4.79 Å². The number of carbonyl (C=O) groups is 3. The van der Waals surface area contributed by atoms with Gasteiger partial charge < -0.3 is 23.7 Å². The van der Waals surface area contributed by atoms with Gasteiger partial charge in [0.05, 0.1) is 38.4 Å². The molecule has 0 N–H and O–H groups in total. The zero-order valence-corrected chi connectivity index (χ0v) is 30.0. The molecule has 8 nitrogen and oxygen atoms in total. The van der Waals surface area contributed by atoms with Gasteiger partial charge in [-0.15, -0.1) is 0 Å². The van der Waals surface area contributed by atoms with Gasteiger partial charge in [-0.25, -0.2) is 9.59 Å². The Kier molecular flexibility index (Phi) is 15.5. The first-order valence-corrected chi connectivity index (χ1v) is 16.7. The average Bonchev–Trinajstić information content (AvgIpc) is 3.01. The quantitative estimate of drug-likeness (QED) is 0.0680. The lowest BCUT2D eigenvalue weighted by molar-refractivity contribution is -0.165. The second-order valence-electron chi connectivity index (χ2n) is 14.5. The Morgan fingerprint density at radius 3 is 1.87 bits per heavy atom. The van der Waals surface area contributed by atoms with Crippen molar-refractivity contribution in [1.29, 1.82) is 0 Å². The number of ether oxygens (including phenoxy) is 5. The number of benzene rings is 2. The van der Waals surface area contributed by atoms with Crippen molar-refractivity contribution < 1.29 is 38.1 Å². The number of methoxy groups -OCH3 is 2. The maximum atomic E-state index is 13.0. The van der Waals surface area contributed by atoms with Crippen molar-refractivity contribution >= 4 is 24.0 Å². The predicted molar refractivity (Wildman–Crippen MR) is 186 cm³/mol. The van der Waals surface area contributed by atoms with Crippen molar-refractivity contribution in [2.45, 2.75) is 99.8 Å². The van der Waals surface area contributed by atoms with Gasteiger partial charge in [0.25, 0.3) is 0 Å². The van der Waals surface area contributed by atoms with Gasteiger partial charge >= 0.3 is 17.9 Å². The zero-order valence-electron chi connectivity index (χ0n) is 30.0. The molecular weight excluding hydrogens is 596 g/mol. The lowest BCUT2D eigenvalue weighted by Crippen LogP contribution is -2.44. The Balaban J connectivity index is 1.64. The number of rotatable bonds is 18. The number of unbranched alkanes of at least 4 members (excludes halogenated alkanes) is 6. The highest BCUT2D eigenvalue weighted by atomic mass is 16.6. The standard InChI is InChI=1S/C39H56O8/c1-37(2,3)28-39(7,38(4,5)6)36(42)46-26-16-14-12-10-11-13-15-25-45-31-21-19-30(20-22-31)35(41)47-32-23-17-29(27-33(32)43-8)18-24-34(40)44-9/h17-24,27H,10-16,25-26,28H2,1-9H3/b24-18+. The molecule has 0 radical (unpaired) electrons. The van der Waals surface area contributed by atoms with E-state index in [2.05, 4.69) is 46.3 Å². The van der Waals surface area contributed by atoms with Gasteiger partial charge in [0.2, 0.25) is 0 Å². The first-order valence-electron chi connectivity index (χ1n) is 16.7. The molecule has 47 heavy (non-hydrogen) atoms. The van der Waals surface area contributed by atoms with E-state index in [1.807, 2.05) is 6.92 Å². The van der Waals surface area contributed by atoms with Crippen LogP contribution in [0.25, 0.3) is 6.08 Å². The molecule has 1 atom stereocenters. The first kappa shape index (κ1) is 39.4. The van der Waals surface area contributed by atoms with Crippen molar-refractivity contribution in [3.63, 3.8) is 0 Å². The molecule has 0 aliphatic heterocycles. The third-order valence-electron chi connectivity index (χ3n) is 8.37. The molecule has 0 fully saturated rings. The van der Waals surface area contributed by atoms with Crippen LogP contribution in [0, 0.1) is 16.2 Å². The monoisotopic (exact) mass is 652 g/mol. The van der Waals surface area contributed by atoms with Crippen molar-refractivity contribution in [3.8, 4) is 17.2 Å². The maximum absolute atomic E-state index is 13.0. The molecule has 260 valence electrons. The maximum Gasteiger partial charge on any atom is 0.343 e. The number of carbonyl (C=O) groups excluding carboxylic acids is 3. The van der Waals surface area contributed by atoms with Crippen LogP contribution in [0.3, 0.4) is 0 Å². The van der Waals surface area contributed by atoms with Crippen LogP contribution in [-0.2, 0) is 19.1 Å². The molecule has 0 saturated heterocycles. The summed E-state index contributed by atoms with van der Waals surface area (Å²) < 4.78 is 27.1. The van der Waals surface area contributed by atoms with Crippen LogP contribution >= 0.6 is 0 Å². The molecule has 0 aliphatic rings. The summed E-state index contributed by atoms with van der Waals surface area (Å²) in [5.41, 5.74) is 0.441. The van der Waals surface area contributed by atoms with Crippen LogP contribution < -0.4 is 14.2 Å². The molecule has 0 amide bonds. The number of hydrogen-bond donors (Lipinski definition) is 0. The van der Waals surface area contributed by atoms with Gasteiger partial charge in [0.1, 0.15) is 5.75 Å². The molecule has 0 aliphatic carbocycles. The Labute approximate surface area is 282 Å². The average molecular weight is 653 g/mol. The fourth-order valence-electron chi connectivity index (χ4n) is 5.26. The van der Waals surface area contributed by atoms with Crippen LogP contribution in [0.2, 0.25) is 0 Å². The first-order chi connectivity index (χ1) is 22.1. The normalized spacial score (nSPS) is 13.1. The molecule has 1 unspecified atom stereocenters. The van der Waals surface area contributed by atoms with E-state index >= 15 is 0 Å². The van der Waals surface area contributed by atoms with Gasteiger partial charge in [-0.1, -0.05) is 79.7 Å². The van der Waals surface area contributed by atoms with E-state index in [9.17, 15) is 14.4 Å². The van der Waals surface area contributed by atoms with Gasteiger partial charge in [-0.2, -0.15) is 0 Å². The summed E-state index contributed by atoms with van der Waals surface area (Å²) in [6.07, 6.45) is 11.0. The molecular formula is C39H56O8. The van der Waals surface area contributed by atoms with E-state index in [1.165, 1.54) is 20.3 Å². The zero-order chi connectivity index (χ0) is 35.1. The minimum atomic E-state index is -0.519. The summed E-state index contributed by atoms with van der Waals surface area (Å²) in [5.74, 6) is 0.260. The van der Waals surface area contributed by atoms with E-state index in [0.717, 1.165) is 51.4 Å². The lowest BCUT2D eigenvalue weighted by Gasteiger charge is -2.43. The van der Waals surface area contributed by atoms with Crippen molar-refractivity contribution in [1.82, 2.24) is 0 Å². The van der Waals surface area contributed by atoms with E-state index in [4.69, 9.17) is 18.9 Å². The lowest BCUT2D eigenvalue weighted by atomic mass is 9.61. The summed E-state index contributed by atoms with van der Waals surface area (Å²) in [7, 11) is 2.78. The molecule has 0 spiro atoms. The largest absolute Gasteiger partial charge is 0.494 e. The molecule has 0 saturated carbocycles. The minimum Gasteiger partial charge on any atom is -0.494 e. The Morgan fingerprint density at radius 1 is 0.723 bits per heavy atom. The van der Waals surface area contributed by atoms with E-state index < -0.39 is 17.4 Å². The topological polar surface area (TPSA) is 97.4 Å². The molecule has 8 heteroatoms. The minimum absolute atomic E-state index is 0.0477. The molecule has 2 aromatic rings. The van der Waals surface area contributed by atoms with Crippen LogP contribution in [0.4, 0.5) is 0 Å². The number of hydrogen-bond acceptors (Lipinski definition) is 8. The molecule has 0 aromatic heterocycles. The van der Waals surface area contributed by atoms with Crippen molar-refractivity contribution in [3.05, 3.63) is 59.7 Å². The van der Waals surface area contributed by atoms with E-state index in [-0.39, 0.29) is 22.5 Å². The van der Waals surface area contributed by atoms with E-state index in [1.54, 1.807) is 48.5 Å². The molecule has 2 aromatic carbocycles. The fraction of sp³-hybridized carbons (Fsp3) is 0.564. The Hall–Kier alpha value is -3.81. The smallest absolute Gasteiger partial charge is 0.343 e. The van der Waals surface area contributed by atoms with Crippen LogP contribution in [0.5, 0.6) is 17.2 Å². The molecule has 0 heterocycles. The fourth-order valence-corrected chi connectivity index (χ4v) is 5.26. The Morgan fingerprint density at radius 2 is 1.32 bits per heavy atom. The van der Waals surface area contributed by atoms with Crippen molar-refractivity contribution in [2.75, 3.05) is 27.4 Å². The summed E-state index contributed by atoms with van der Waals surface area (Å²) in [5, 5.41) is 0. The highest BCUT2D eigenvalue weighted by Gasteiger charge is 2.47. The highest BCUT2D eigenvalue weighted by Crippen LogP contribution is 2.47. The van der Waals surface area contributed by atoms with E-state index in [0.29, 0.717) is 35.8 Å². The van der Waals surface area contributed by atoms with Crippen LogP contribution in [0.15, 0.2) is 48.5 Å². The van der Waals surface area contributed by atoms with Gasteiger partial charge in [0.15, 0.2) is 11.5 Å². The summed E-state index contributed by atoms with van der Waals surface area (Å²) in [4.78, 5) is 37.1. The van der Waals surface area contributed by atoms with Crippen LogP contribution in [0.1, 0.15) is 116 Å². The van der Waals surface area contributed by atoms with Crippen LogP contribution in [-0.4, -0.2) is 45.3 Å². The second kappa shape index (κ2) is 18.5. The molecule has 2 rings (SSSR count). The third-order valence-corrected chi connectivity index (χ3v) is 8.37. The van der Waals surface area contributed by atoms with Gasteiger partial charge in [0, 0.05) is 6.08 Å². The summed E-state index contributed by atoms with van der Waals surface area (Å²) >= 11 is 0. The van der Waals surface area contributed by atoms with Crippen molar-refractivity contribution in [2.24, 2.45) is 16.2 Å². The highest BCUT2D eigenvalue weighted by molar-refractivity contribution is 5.91. The third kappa shape index (κ3) is 13.4. The Bertz CT molecular complexity index is 1310. The summed E-state index contributed by atoms with van der Waals surface area (Å²) in [6, 6.07) is 11.8. The summed E-state index contributed by atoms with van der Waals surface area (Å²) in [6.45, 7) is 16.0. The molecule has 0 bridgehead atoms. The SMILES string of the molecule is COC(=O)/C=C/c1ccc(OC(=O)c2ccc(OCCCCCCCCCOC(=O)C(C)(CC(C)(C)C)C(C)(C)C)cc2)c(OC)c1. The predicted octanol–water partition coefficient (Wildman–Crippen LogP) is 9.24. The number of esters is 3. The van der Waals surface area contributed by atoms with Gasteiger partial charge in [-0.05, 0) is 85.1 Å².